The lowest BCUT2D eigenvalue weighted by atomic mass is 9.97. The standard InChI is InChI=1S/C19H26FN3O3/c1-26-17-7-6-14(20)10-15(17)19(25)23-9-3-4-13(12-23)11-22-18(24)16-5-2-8-21-16/h6-7,10,13,16,21H,2-5,8-9,11-12H2,1H3,(H,22,24). The summed E-state index contributed by atoms with van der Waals surface area (Å²) in [7, 11) is 1.47. The van der Waals surface area contributed by atoms with Crippen LogP contribution in [0.25, 0.3) is 0 Å². The molecule has 1 aromatic carbocycles. The van der Waals surface area contributed by atoms with E-state index in [1.807, 2.05) is 0 Å². The van der Waals surface area contributed by atoms with Gasteiger partial charge in [0.1, 0.15) is 11.6 Å². The molecule has 2 fully saturated rings. The number of nitrogens with one attached hydrogen (secondary N) is 2. The molecule has 2 saturated heterocycles. The fourth-order valence-corrected chi connectivity index (χ4v) is 3.71. The van der Waals surface area contributed by atoms with Gasteiger partial charge in [-0.25, -0.2) is 4.39 Å². The zero-order chi connectivity index (χ0) is 18.5. The SMILES string of the molecule is COc1ccc(F)cc1C(=O)N1CCCC(CNC(=O)C2CCCN2)C1. The van der Waals surface area contributed by atoms with E-state index in [0.29, 0.717) is 25.4 Å². The fraction of sp³-hybridized carbons (Fsp3) is 0.579. The lowest BCUT2D eigenvalue weighted by Gasteiger charge is -2.33. The Morgan fingerprint density at radius 2 is 2.19 bits per heavy atom. The van der Waals surface area contributed by atoms with Crippen LogP contribution in [0.1, 0.15) is 36.0 Å². The first-order valence-electron chi connectivity index (χ1n) is 9.22. The number of ether oxygens (including phenoxy) is 1. The number of hydrogen-bond donors (Lipinski definition) is 2. The van der Waals surface area contributed by atoms with Gasteiger partial charge in [0, 0.05) is 19.6 Å². The Kier molecular flexibility index (Phi) is 6.08. The van der Waals surface area contributed by atoms with Gasteiger partial charge in [0.25, 0.3) is 5.91 Å². The smallest absolute Gasteiger partial charge is 0.257 e. The molecule has 0 aliphatic carbocycles. The van der Waals surface area contributed by atoms with Gasteiger partial charge < -0.3 is 20.3 Å². The normalized spacial score (nSPS) is 22.9. The van der Waals surface area contributed by atoms with Gasteiger partial charge >= 0.3 is 0 Å². The topological polar surface area (TPSA) is 70.7 Å². The predicted octanol–water partition coefficient (Wildman–Crippen LogP) is 1.55. The van der Waals surface area contributed by atoms with E-state index in [1.165, 1.54) is 25.3 Å². The maximum Gasteiger partial charge on any atom is 0.257 e. The molecule has 0 radical (unpaired) electrons. The third-order valence-electron chi connectivity index (χ3n) is 5.14. The second kappa shape index (κ2) is 8.49. The van der Waals surface area contributed by atoms with Crippen LogP contribution < -0.4 is 15.4 Å². The average molecular weight is 363 g/mol. The van der Waals surface area contributed by atoms with Crippen LogP contribution in [0.4, 0.5) is 4.39 Å². The van der Waals surface area contributed by atoms with Crippen LogP contribution in [-0.2, 0) is 4.79 Å². The van der Waals surface area contributed by atoms with E-state index >= 15 is 0 Å². The number of benzene rings is 1. The summed E-state index contributed by atoms with van der Waals surface area (Å²) in [5, 5.41) is 6.19. The molecule has 1 aromatic rings. The summed E-state index contributed by atoms with van der Waals surface area (Å²) in [6.07, 6.45) is 3.73. The minimum absolute atomic E-state index is 0.0396. The molecule has 26 heavy (non-hydrogen) atoms. The van der Waals surface area contributed by atoms with Gasteiger partial charge in [-0.05, 0) is 56.3 Å². The molecular formula is C19H26FN3O3. The molecule has 2 amide bonds. The quantitative estimate of drug-likeness (QED) is 0.833. The Balaban J connectivity index is 1.58. The van der Waals surface area contributed by atoms with Crippen LogP contribution in [0.2, 0.25) is 0 Å². The van der Waals surface area contributed by atoms with Crippen LogP contribution in [0.5, 0.6) is 5.75 Å². The number of piperidine rings is 1. The zero-order valence-corrected chi connectivity index (χ0v) is 15.1. The molecule has 0 bridgehead atoms. The summed E-state index contributed by atoms with van der Waals surface area (Å²) in [6.45, 7) is 2.63. The average Bonchev–Trinajstić information content (AvgIpc) is 3.20. The second-order valence-electron chi connectivity index (χ2n) is 7.00. The number of carbonyl (C=O) groups excluding carboxylic acids is 2. The van der Waals surface area contributed by atoms with Crippen LogP contribution in [0.15, 0.2) is 18.2 Å². The molecular weight excluding hydrogens is 337 g/mol. The molecule has 3 rings (SSSR count). The largest absolute Gasteiger partial charge is 0.496 e. The number of halogens is 1. The van der Waals surface area contributed by atoms with Crippen molar-refractivity contribution < 1.29 is 18.7 Å². The summed E-state index contributed by atoms with van der Waals surface area (Å²) in [5.41, 5.74) is 0.243. The van der Waals surface area contributed by atoms with Gasteiger partial charge in [-0.2, -0.15) is 0 Å². The molecule has 0 saturated carbocycles. The lowest BCUT2D eigenvalue weighted by molar-refractivity contribution is -0.123. The van der Waals surface area contributed by atoms with Crippen molar-refractivity contribution in [2.45, 2.75) is 31.7 Å². The third-order valence-corrected chi connectivity index (χ3v) is 5.14. The summed E-state index contributed by atoms with van der Waals surface area (Å²) >= 11 is 0. The van der Waals surface area contributed by atoms with Gasteiger partial charge in [-0.15, -0.1) is 0 Å². The second-order valence-corrected chi connectivity index (χ2v) is 7.00. The van der Waals surface area contributed by atoms with E-state index in [2.05, 4.69) is 10.6 Å². The molecule has 2 atom stereocenters. The lowest BCUT2D eigenvalue weighted by Crippen LogP contribution is -2.46. The molecule has 0 aromatic heterocycles. The first-order valence-corrected chi connectivity index (χ1v) is 9.22. The van der Waals surface area contributed by atoms with Crippen molar-refractivity contribution >= 4 is 11.8 Å². The highest BCUT2D eigenvalue weighted by Crippen LogP contribution is 2.24. The van der Waals surface area contributed by atoms with Crippen LogP contribution in [0, 0.1) is 11.7 Å². The third kappa shape index (κ3) is 4.33. The fourth-order valence-electron chi connectivity index (χ4n) is 3.71. The van der Waals surface area contributed by atoms with Crippen molar-refractivity contribution in [1.82, 2.24) is 15.5 Å². The highest BCUT2D eigenvalue weighted by molar-refractivity contribution is 5.97. The zero-order valence-electron chi connectivity index (χ0n) is 15.1. The van der Waals surface area contributed by atoms with E-state index in [0.717, 1.165) is 32.2 Å². The molecule has 2 heterocycles. The summed E-state index contributed by atoms with van der Waals surface area (Å²) in [4.78, 5) is 26.7. The first-order chi connectivity index (χ1) is 12.6. The molecule has 2 aliphatic heterocycles. The van der Waals surface area contributed by atoms with Crippen LogP contribution in [-0.4, -0.2) is 56.0 Å². The summed E-state index contributed by atoms with van der Waals surface area (Å²) < 4.78 is 18.8. The van der Waals surface area contributed by atoms with E-state index in [9.17, 15) is 14.0 Å². The first kappa shape index (κ1) is 18.6. The van der Waals surface area contributed by atoms with Crippen molar-refractivity contribution in [3.05, 3.63) is 29.6 Å². The van der Waals surface area contributed by atoms with Crippen LogP contribution >= 0.6 is 0 Å². The molecule has 2 N–H and O–H groups in total. The van der Waals surface area contributed by atoms with Crippen molar-refractivity contribution in [3.8, 4) is 5.75 Å². The molecule has 0 spiro atoms. The summed E-state index contributed by atoms with van der Waals surface area (Å²) in [5.74, 6) is -0.0663. The molecule has 2 aliphatic rings. The molecule has 142 valence electrons. The predicted molar refractivity (Wildman–Crippen MR) is 95.6 cm³/mol. The number of nitrogens with zero attached hydrogens (tertiary/aromatic N) is 1. The van der Waals surface area contributed by atoms with Gasteiger partial charge in [0.05, 0.1) is 18.7 Å². The van der Waals surface area contributed by atoms with Crippen molar-refractivity contribution in [3.63, 3.8) is 0 Å². The maximum atomic E-state index is 13.6. The van der Waals surface area contributed by atoms with Crippen molar-refractivity contribution in [1.29, 1.82) is 0 Å². The number of hydrogen-bond acceptors (Lipinski definition) is 4. The van der Waals surface area contributed by atoms with E-state index in [1.54, 1.807) is 4.90 Å². The van der Waals surface area contributed by atoms with E-state index < -0.39 is 5.82 Å². The van der Waals surface area contributed by atoms with E-state index in [4.69, 9.17) is 4.74 Å². The summed E-state index contributed by atoms with van der Waals surface area (Å²) in [6, 6.07) is 3.88. The Labute approximate surface area is 153 Å². The van der Waals surface area contributed by atoms with Crippen LogP contribution in [0.3, 0.4) is 0 Å². The highest BCUT2D eigenvalue weighted by Gasteiger charge is 2.28. The monoisotopic (exact) mass is 363 g/mol. The van der Waals surface area contributed by atoms with Gasteiger partial charge in [0.2, 0.25) is 5.91 Å². The Morgan fingerprint density at radius 1 is 1.35 bits per heavy atom. The number of methoxy groups -OCH3 is 1. The number of amides is 2. The minimum atomic E-state index is -0.459. The van der Waals surface area contributed by atoms with Crippen molar-refractivity contribution in [2.24, 2.45) is 5.92 Å². The highest BCUT2D eigenvalue weighted by atomic mass is 19.1. The van der Waals surface area contributed by atoms with Gasteiger partial charge in [-0.3, -0.25) is 9.59 Å². The number of rotatable bonds is 5. The molecule has 6 nitrogen and oxygen atoms in total. The van der Waals surface area contributed by atoms with E-state index in [-0.39, 0.29) is 29.3 Å². The van der Waals surface area contributed by atoms with Gasteiger partial charge in [-0.1, -0.05) is 0 Å². The number of carbonyl (C=O) groups is 2. The Bertz CT molecular complexity index is 661. The molecule has 2 unspecified atom stereocenters. The minimum Gasteiger partial charge on any atom is -0.496 e. The maximum absolute atomic E-state index is 13.6. The Hall–Kier alpha value is -2.15. The Morgan fingerprint density at radius 3 is 2.92 bits per heavy atom. The van der Waals surface area contributed by atoms with Gasteiger partial charge in [0.15, 0.2) is 0 Å². The van der Waals surface area contributed by atoms with Crippen molar-refractivity contribution in [2.75, 3.05) is 33.3 Å². The molecule has 7 heteroatoms. The number of likely N-dealkylation sites (tertiary alicyclic amines) is 1.